The molecule has 1 heterocycles. The Kier molecular flexibility index (Phi) is 5.56. The van der Waals surface area contributed by atoms with Gasteiger partial charge in [0.25, 0.3) is 0 Å². The molecule has 25 heavy (non-hydrogen) atoms. The zero-order chi connectivity index (χ0) is 18.2. The minimum absolute atomic E-state index is 0.0937. The second-order valence-corrected chi connectivity index (χ2v) is 8.03. The van der Waals surface area contributed by atoms with Gasteiger partial charge in [-0.05, 0) is 36.3 Å². The fraction of sp³-hybridized carbons (Fsp3) is 0.438. The largest absolute Gasteiger partial charge is 0.477 e. The summed E-state index contributed by atoms with van der Waals surface area (Å²) in [5, 5.41) is 1.13. The van der Waals surface area contributed by atoms with Gasteiger partial charge in [-0.25, -0.2) is 4.98 Å². The normalized spacial score (nSPS) is 20.8. The Hall–Kier alpha value is -0.920. The highest BCUT2D eigenvalue weighted by Gasteiger charge is 2.42. The van der Waals surface area contributed by atoms with Crippen LogP contribution in [0.3, 0.4) is 0 Å². The highest BCUT2D eigenvalue weighted by Crippen LogP contribution is 2.54. The molecule has 0 aliphatic heterocycles. The maximum atomic E-state index is 14.0. The third kappa shape index (κ3) is 3.93. The van der Waals surface area contributed by atoms with Gasteiger partial charge in [-0.2, -0.15) is 8.78 Å². The first-order valence-electron chi connectivity index (χ1n) is 7.62. The molecule has 5 nitrogen and oxygen atoms in total. The highest BCUT2D eigenvalue weighted by molar-refractivity contribution is 9.10. The van der Waals surface area contributed by atoms with Gasteiger partial charge in [0, 0.05) is 34.8 Å². The third-order valence-electron chi connectivity index (χ3n) is 4.35. The molecular formula is C16H17BrF2NO4P. The molecule has 1 aliphatic carbocycles. The average molecular weight is 436 g/mol. The first-order chi connectivity index (χ1) is 11.8. The third-order valence-corrected chi connectivity index (χ3v) is 5.75. The summed E-state index contributed by atoms with van der Waals surface area (Å²) in [6.07, 6.45) is 3.69. The minimum atomic E-state index is -3.73. The van der Waals surface area contributed by atoms with E-state index in [2.05, 4.69) is 20.9 Å². The van der Waals surface area contributed by atoms with Gasteiger partial charge < -0.3 is 19.3 Å². The summed E-state index contributed by atoms with van der Waals surface area (Å²) in [7, 11) is -1.75. The summed E-state index contributed by atoms with van der Waals surface area (Å²) in [6.45, 7) is 0.497. The predicted molar refractivity (Wildman–Crippen MR) is 93.7 cm³/mol. The molecule has 0 unspecified atom stereocenters. The summed E-state index contributed by atoms with van der Waals surface area (Å²) < 4.78 is 38.9. The monoisotopic (exact) mass is 435 g/mol. The van der Waals surface area contributed by atoms with Crippen molar-refractivity contribution in [2.75, 3.05) is 13.7 Å². The van der Waals surface area contributed by atoms with Crippen LogP contribution in [0.25, 0.3) is 10.8 Å². The van der Waals surface area contributed by atoms with E-state index in [-0.39, 0.29) is 10.6 Å². The van der Waals surface area contributed by atoms with Crippen LogP contribution in [-0.2, 0) is 10.4 Å². The molecule has 2 aromatic rings. The van der Waals surface area contributed by atoms with Crippen LogP contribution in [0.4, 0.5) is 8.78 Å². The molecule has 1 aromatic heterocycles. The molecular weight excluding hydrogens is 419 g/mol. The van der Waals surface area contributed by atoms with Crippen molar-refractivity contribution in [1.29, 1.82) is 0 Å². The van der Waals surface area contributed by atoms with E-state index in [9.17, 15) is 8.78 Å². The van der Waals surface area contributed by atoms with Crippen LogP contribution in [0.1, 0.15) is 18.4 Å². The Morgan fingerprint density at radius 3 is 2.64 bits per heavy atom. The Morgan fingerprint density at radius 1 is 1.28 bits per heavy atom. The number of hydrogen-bond acceptors (Lipinski definition) is 5. The lowest BCUT2D eigenvalue weighted by molar-refractivity contribution is -0.0147. The van der Waals surface area contributed by atoms with Crippen molar-refractivity contribution < 1.29 is 28.0 Å². The van der Waals surface area contributed by atoms with Gasteiger partial charge in [0.1, 0.15) is 0 Å². The van der Waals surface area contributed by atoms with Crippen LogP contribution < -0.4 is 4.74 Å². The maximum Gasteiger partial charge on any atom is 0.340 e. The number of pyridine rings is 1. The molecule has 1 aliphatic rings. The van der Waals surface area contributed by atoms with Gasteiger partial charge >= 0.3 is 5.66 Å². The highest BCUT2D eigenvalue weighted by atomic mass is 79.9. The number of aromatic nitrogens is 1. The number of fused-ring (bicyclic) bond motifs is 1. The molecule has 0 spiro atoms. The average Bonchev–Trinajstić information content (AvgIpc) is 2.52. The van der Waals surface area contributed by atoms with Crippen molar-refractivity contribution in [3.05, 3.63) is 34.4 Å². The zero-order valence-electron chi connectivity index (χ0n) is 13.3. The number of rotatable bonds is 6. The van der Waals surface area contributed by atoms with Gasteiger partial charge in [-0.1, -0.05) is 15.9 Å². The molecule has 2 N–H and O–H groups in total. The fourth-order valence-corrected chi connectivity index (χ4v) is 3.93. The molecule has 0 atom stereocenters. The lowest BCUT2D eigenvalue weighted by Gasteiger charge is -2.33. The molecule has 0 saturated heterocycles. The number of alkyl halides is 2. The number of nitrogens with zero attached hydrogens (tertiary/aromatic N) is 1. The summed E-state index contributed by atoms with van der Waals surface area (Å²) in [5.74, 6) is 0.750. The van der Waals surface area contributed by atoms with E-state index in [1.165, 1.54) is 18.3 Å². The van der Waals surface area contributed by atoms with Crippen molar-refractivity contribution in [3.8, 4) is 5.88 Å². The van der Waals surface area contributed by atoms with Gasteiger partial charge in [0.05, 0.1) is 12.7 Å². The van der Waals surface area contributed by atoms with Crippen LogP contribution in [0.2, 0.25) is 0 Å². The van der Waals surface area contributed by atoms with Crippen molar-refractivity contribution in [2.45, 2.75) is 24.6 Å². The second kappa shape index (κ2) is 7.37. The lowest BCUT2D eigenvalue weighted by Crippen LogP contribution is -2.34. The quantitative estimate of drug-likeness (QED) is 0.666. The van der Waals surface area contributed by atoms with E-state index in [1.54, 1.807) is 13.2 Å². The van der Waals surface area contributed by atoms with E-state index in [0.29, 0.717) is 29.2 Å². The fourth-order valence-electron chi connectivity index (χ4n) is 2.77. The second-order valence-electron chi connectivity index (χ2n) is 6.04. The van der Waals surface area contributed by atoms with Crippen LogP contribution in [-0.4, -0.2) is 34.6 Å². The van der Waals surface area contributed by atoms with Crippen molar-refractivity contribution in [2.24, 2.45) is 5.92 Å². The molecule has 1 saturated carbocycles. The molecule has 9 heteroatoms. The Bertz CT molecular complexity index is 771. The molecule has 1 aromatic carbocycles. The molecule has 0 amide bonds. The standard InChI is InChI=1S/C16H17BrF2NO4P/c1-23-12-2-9(3-12)8-24-15-6-10-4-13(16(18,19)25(21)22)14(17)5-11(10)7-20-15/h4-7,9,12,21-22H,2-3,8H2,1H3. The Morgan fingerprint density at radius 2 is 2.00 bits per heavy atom. The van der Waals surface area contributed by atoms with Crippen molar-refractivity contribution in [3.63, 3.8) is 0 Å². The molecule has 0 radical (unpaired) electrons. The topological polar surface area (TPSA) is 71.8 Å². The van der Waals surface area contributed by atoms with Crippen molar-refractivity contribution >= 4 is 35.1 Å². The lowest BCUT2D eigenvalue weighted by atomic mass is 9.83. The summed E-state index contributed by atoms with van der Waals surface area (Å²) in [4.78, 5) is 22.2. The summed E-state index contributed by atoms with van der Waals surface area (Å²) >= 11 is 3.06. The summed E-state index contributed by atoms with van der Waals surface area (Å²) in [6, 6.07) is 4.27. The number of hydrogen-bond donors (Lipinski definition) is 2. The molecule has 0 bridgehead atoms. The van der Waals surface area contributed by atoms with Crippen molar-refractivity contribution in [1.82, 2.24) is 4.98 Å². The SMILES string of the molecule is COC1CC(COc2cc3cc(C(F)(F)P(O)O)c(Br)cc3cn2)C1. The van der Waals surface area contributed by atoms with Gasteiger partial charge in [-0.15, -0.1) is 0 Å². The minimum Gasteiger partial charge on any atom is -0.477 e. The predicted octanol–water partition coefficient (Wildman–Crippen LogP) is 4.15. The van der Waals surface area contributed by atoms with Gasteiger partial charge in [0.15, 0.2) is 0 Å². The van der Waals surface area contributed by atoms with Crippen LogP contribution in [0.15, 0.2) is 28.9 Å². The summed E-state index contributed by atoms with van der Waals surface area (Å²) in [5.41, 5.74) is -4.21. The van der Waals surface area contributed by atoms with Crippen LogP contribution in [0, 0.1) is 5.92 Å². The van der Waals surface area contributed by atoms with Crippen LogP contribution in [0.5, 0.6) is 5.88 Å². The Labute approximate surface area is 153 Å². The van der Waals surface area contributed by atoms with Gasteiger partial charge in [0.2, 0.25) is 14.3 Å². The van der Waals surface area contributed by atoms with Crippen LogP contribution >= 0.6 is 24.3 Å². The number of halogens is 3. The number of methoxy groups -OCH3 is 1. The van der Waals surface area contributed by atoms with E-state index < -0.39 is 19.6 Å². The van der Waals surface area contributed by atoms with E-state index >= 15 is 0 Å². The molecule has 136 valence electrons. The maximum absolute atomic E-state index is 14.0. The van der Waals surface area contributed by atoms with E-state index in [4.69, 9.17) is 19.3 Å². The number of benzene rings is 1. The van der Waals surface area contributed by atoms with E-state index in [0.717, 1.165) is 12.8 Å². The van der Waals surface area contributed by atoms with Gasteiger partial charge in [-0.3, -0.25) is 0 Å². The molecule has 3 rings (SSSR count). The first kappa shape index (κ1) is 18.9. The zero-order valence-corrected chi connectivity index (χ0v) is 15.8. The number of ether oxygens (including phenoxy) is 2. The molecule has 1 fully saturated rings. The smallest absolute Gasteiger partial charge is 0.340 e. The first-order valence-corrected chi connectivity index (χ1v) is 9.66. The Balaban J connectivity index is 1.80. The van der Waals surface area contributed by atoms with E-state index in [1.807, 2.05) is 0 Å².